The van der Waals surface area contributed by atoms with Crippen LogP contribution >= 0.6 is 0 Å². The minimum absolute atomic E-state index is 0.0157. The Morgan fingerprint density at radius 3 is 2.52 bits per heavy atom. The van der Waals surface area contributed by atoms with Crippen molar-refractivity contribution in [2.24, 2.45) is 0 Å². The van der Waals surface area contributed by atoms with Crippen molar-refractivity contribution in [3.8, 4) is 11.5 Å². The van der Waals surface area contributed by atoms with Crippen LogP contribution in [0.4, 0.5) is 0 Å². The molecule has 0 radical (unpaired) electrons. The lowest BCUT2D eigenvalue weighted by molar-refractivity contribution is -0.0258. The highest BCUT2D eigenvalue weighted by molar-refractivity contribution is 7.89. The van der Waals surface area contributed by atoms with Crippen LogP contribution in [0.2, 0.25) is 0 Å². The van der Waals surface area contributed by atoms with Crippen LogP contribution in [-0.4, -0.2) is 43.2 Å². The molecule has 0 aliphatic heterocycles. The van der Waals surface area contributed by atoms with E-state index in [4.69, 9.17) is 14.0 Å². The van der Waals surface area contributed by atoms with Gasteiger partial charge in [-0.15, -0.1) is 10.2 Å². The molecule has 9 nitrogen and oxygen atoms in total. The van der Waals surface area contributed by atoms with Crippen LogP contribution < -0.4 is 0 Å². The topological polar surface area (TPSA) is 112 Å². The van der Waals surface area contributed by atoms with Crippen molar-refractivity contribution in [3.05, 3.63) is 65.5 Å². The van der Waals surface area contributed by atoms with E-state index in [9.17, 15) is 13.2 Å². The molecule has 1 heterocycles. The van der Waals surface area contributed by atoms with Gasteiger partial charge in [0.25, 0.3) is 15.9 Å². The van der Waals surface area contributed by atoms with Crippen LogP contribution in [0.3, 0.4) is 0 Å². The summed E-state index contributed by atoms with van der Waals surface area (Å²) in [6.07, 6.45) is 0. The van der Waals surface area contributed by atoms with Gasteiger partial charge >= 0.3 is 5.97 Å². The zero-order chi connectivity index (χ0) is 21.0. The number of aryl methyl sites for hydroxylation is 1. The molecule has 2 aromatic carbocycles. The number of esters is 1. The van der Waals surface area contributed by atoms with Crippen LogP contribution in [0.1, 0.15) is 21.8 Å². The molecular weight excluding hydrogens is 398 g/mol. The van der Waals surface area contributed by atoms with Gasteiger partial charge < -0.3 is 9.15 Å². The molecule has 0 N–H and O–H groups in total. The van der Waals surface area contributed by atoms with Crippen molar-refractivity contribution in [3.63, 3.8) is 0 Å². The molecule has 0 spiro atoms. The highest BCUT2D eigenvalue weighted by Crippen LogP contribution is 2.20. The fourth-order valence-electron chi connectivity index (χ4n) is 2.43. The van der Waals surface area contributed by atoms with Gasteiger partial charge in [0.05, 0.1) is 17.6 Å². The first-order valence-corrected chi connectivity index (χ1v) is 9.95. The molecule has 3 aromatic rings. The molecule has 0 bridgehead atoms. The summed E-state index contributed by atoms with van der Waals surface area (Å²) >= 11 is 0. The number of carbonyl (C=O) groups is 1. The smallest absolute Gasteiger partial charge is 0.338 e. The summed E-state index contributed by atoms with van der Waals surface area (Å²) in [6, 6.07) is 12.9. The predicted octanol–water partition coefficient (Wildman–Crippen LogP) is 2.58. The number of benzene rings is 2. The number of carbonyl (C=O) groups excluding carboxylic acids is 1. The fraction of sp³-hybridized carbons (Fsp3) is 0.211. The van der Waals surface area contributed by atoms with Gasteiger partial charge in [-0.1, -0.05) is 22.2 Å². The molecule has 29 heavy (non-hydrogen) atoms. The van der Waals surface area contributed by atoms with Gasteiger partial charge in [0.1, 0.15) is 0 Å². The standard InChI is InChI=1S/C19H19N3O6S/c1-13-5-4-6-15(11-13)18-21-20-17(28-18)12-27-19(23)14-7-9-16(10-8-14)29(24,25)22(2)26-3/h4-11H,12H2,1-3H3. The van der Waals surface area contributed by atoms with Crippen LogP contribution in [0.25, 0.3) is 11.5 Å². The van der Waals surface area contributed by atoms with Gasteiger partial charge in [0.15, 0.2) is 6.61 Å². The molecular formula is C19H19N3O6S. The highest BCUT2D eigenvalue weighted by atomic mass is 32.2. The molecule has 0 fully saturated rings. The Labute approximate surface area is 167 Å². The summed E-state index contributed by atoms with van der Waals surface area (Å²) in [4.78, 5) is 16.9. The Bertz CT molecular complexity index is 1110. The summed E-state index contributed by atoms with van der Waals surface area (Å²) < 4.78 is 35.7. The van der Waals surface area contributed by atoms with E-state index in [1.165, 1.54) is 38.4 Å². The zero-order valence-corrected chi connectivity index (χ0v) is 16.8. The number of hydroxylamine groups is 1. The van der Waals surface area contributed by atoms with Crippen molar-refractivity contribution in [2.45, 2.75) is 18.4 Å². The third kappa shape index (κ3) is 4.67. The molecule has 0 saturated heterocycles. The van der Waals surface area contributed by atoms with E-state index in [2.05, 4.69) is 10.2 Å². The Hall–Kier alpha value is -3.08. The molecule has 3 rings (SSSR count). The van der Waals surface area contributed by atoms with E-state index in [1.54, 1.807) is 0 Å². The van der Waals surface area contributed by atoms with Gasteiger partial charge in [0, 0.05) is 12.6 Å². The Morgan fingerprint density at radius 2 is 1.86 bits per heavy atom. The fourth-order valence-corrected chi connectivity index (χ4v) is 3.40. The van der Waals surface area contributed by atoms with Gasteiger partial charge in [0.2, 0.25) is 5.89 Å². The van der Waals surface area contributed by atoms with Crippen LogP contribution in [-0.2, 0) is 26.2 Å². The first-order chi connectivity index (χ1) is 13.8. The van der Waals surface area contributed by atoms with Gasteiger partial charge in [-0.25, -0.2) is 13.2 Å². The molecule has 0 unspecified atom stereocenters. The molecule has 0 aliphatic carbocycles. The third-order valence-corrected chi connectivity index (χ3v) is 5.74. The average Bonchev–Trinajstić information content (AvgIpc) is 3.20. The van der Waals surface area contributed by atoms with E-state index >= 15 is 0 Å². The lowest BCUT2D eigenvalue weighted by atomic mass is 10.1. The van der Waals surface area contributed by atoms with Crippen molar-refractivity contribution in [1.29, 1.82) is 0 Å². The lowest BCUT2D eigenvalue weighted by Gasteiger charge is -2.14. The van der Waals surface area contributed by atoms with E-state index in [0.29, 0.717) is 5.89 Å². The quantitative estimate of drug-likeness (QED) is 0.426. The first-order valence-electron chi connectivity index (χ1n) is 8.51. The second-order valence-electron chi connectivity index (χ2n) is 6.07. The van der Waals surface area contributed by atoms with Crippen LogP contribution in [0.5, 0.6) is 0 Å². The molecule has 0 amide bonds. The van der Waals surface area contributed by atoms with Crippen molar-refractivity contribution >= 4 is 16.0 Å². The molecule has 0 atom stereocenters. The second kappa shape index (κ2) is 8.52. The van der Waals surface area contributed by atoms with E-state index in [-0.39, 0.29) is 23.0 Å². The van der Waals surface area contributed by atoms with Gasteiger partial charge in [-0.3, -0.25) is 4.84 Å². The lowest BCUT2D eigenvalue weighted by Crippen LogP contribution is -2.25. The Morgan fingerprint density at radius 1 is 1.14 bits per heavy atom. The summed E-state index contributed by atoms with van der Waals surface area (Å²) in [5.74, 6) is -0.170. The number of hydrogen-bond acceptors (Lipinski definition) is 8. The second-order valence-corrected chi connectivity index (χ2v) is 8.00. The number of rotatable bonds is 7. The number of hydrogen-bond donors (Lipinski definition) is 0. The summed E-state index contributed by atoms with van der Waals surface area (Å²) in [5.41, 5.74) is 2.01. The number of aromatic nitrogens is 2. The largest absolute Gasteiger partial charge is 0.452 e. The molecule has 152 valence electrons. The predicted molar refractivity (Wildman–Crippen MR) is 102 cm³/mol. The average molecular weight is 417 g/mol. The summed E-state index contributed by atoms with van der Waals surface area (Å²) in [7, 11) is -1.28. The minimum Gasteiger partial charge on any atom is -0.452 e. The van der Waals surface area contributed by atoms with Crippen LogP contribution in [0, 0.1) is 6.92 Å². The molecule has 0 saturated carbocycles. The van der Waals surface area contributed by atoms with Crippen molar-refractivity contribution < 1.29 is 27.2 Å². The highest BCUT2D eigenvalue weighted by Gasteiger charge is 2.21. The molecule has 10 heteroatoms. The first kappa shape index (κ1) is 20.6. The van der Waals surface area contributed by atoms with Crippen molar-refractivity contribution in [2.75, 3.05) is 14.2 Å². The minimum atomic E-state index is -3.79. The normalized spacial score (nSPS) is 11.6. The number of sulfonamides is 1. The Balaban J connectivity index is 1.64. The maximum absolute atomic E-state index is 12.2. The van der Waals surface area contributed by atoms with Crippen molar-refractivity contribution in [1.82, 2.24) is 14.7 Å². The van der Waals surface area contributed by atoms with E-state index < -0.39 is 16.0 Å². The van der Waals surface area contributed by atoms with Crippen LogP contribution in [0.15, 0.2) is 57.8 Å². The SMILES string of the molecule is CON(C)S(=O)(=O)c1ccc(C(=O)OCc2nnc(-c3cccc(C)c3)o2)cc1. The maximum Gasteiger partial charge on any atom is 0.338 e. The number of nitrogens with zero attached hydrogens (tertiary/aromatic N) is 3. The Kier molecular flexibility index (Phi) is 6.06. The van der Waals surface area contributed by atoms with Gasteiger partial charge in [-0.2, -0.15) is 0 Å². The maximum atomic E-state index is 12.2. The third-order valence-electron chi connectivity index (χ3n) is 4.04. The number of ether oxygens (including phenoxy) is 1. The van der Waals surface area contributed by atoms with Gasteiger partial charge in [-0.05, 0) is 43.3 Å². The zero-order valence-electron chi connectivity index (χ0n) is 16.0. The molecule has 0 aliphatic rings. The van der Waals surface area contributed by atoms with E-state index in [1.807, 2.05) is 31.2 Å². The summed E-state index contributed by atoms with van der Waals surface area (Å²) in [6.45, 7) is 1.75. The summed E-state index contributed by atoms with van der Waals surface area (Å²) in [5, 5.41) is 7.82. The molecule has 1 aromatic heterocycles. The van der Waals surface area contributed by atoms with E-state index in [0.717, 1.165) is 15.6 Å². The monoisotopic (exact) mass is 417 g/mol.